The molecule has 8 nitrogen and oxygen atoms in total. The highest BCUT2D eigenvalue weighted by atomic mass is 16.6. The van der Waals surface area contributed by atoms with E-state index in [1.165, 1.54) is 25.5 Å². The Bertz CT molecular complexity index is 1110. The van der Waals surface area contributed by atoms with Gasteiger partial charge in [-0.15, -0.1) is 0 Å². The Labute approximate surface area is 185 Å². The molecule has 3 rings (SSSR count). The topological polar surface area (TPSA) is 103 Å². The van der Waals surface area contributed by atoms with Crippen molar-refractivity contribution in [1.82, 2.24) is 5.43 Å². The predicted octanol–water partition coefficient (Wildman–Crippen LogP) is 4.18. The van der Waals surface area contributed by atoms with Crippen molar-refractivity contribution in [3.05, 3.63) is 99.1 Å². The Balaban J connectivity index is 1.56. The molecule has 3 aromatic carbocycles. The van der Waals surface area contributed by atoms with Crippen LogP contribution in [-0.2, 0) is 17.8 Å². The van der Waals surface area contributed by atoms with E-state index in [0.29, 0.717) is 11.5 Å². The number of amides is 1. The first kappa shape index (κ1) is 22.5. The molecule has 0 radical (unpaired) electrons. The van der Waals surface area contributed by atoms with Gasteiger partial charge in [0.25, 0.3) is 5.69 Å². The number of benzene rings is 3. The number of nitrogens with zero attached hydrogens (tertiary/aromatic N) is 2. The number of hydrogen-bond acceptors (Lipinski definition) is 6. The fourth-order valence-electron chi connectivity index (χ4n) is 2.87. The summed E-state index contributed by atoms with van der Waals surface area (Å²) in [6.07, 6.45) is 1.77. The lowest BCUT2D eigenvalue weighted by Gasteiger charge is -2.11. The molecular formula is C24H23N3O5. The van der Waals surface area contributed by atoms with Crippen molar-refractivity contribution in [2.24, 2.45) is 5.10 Å². The third-order valence-corrected chi connectivity index (χ3v) is 4.62. The molecule has 0 heterocycles. The van der Waals surface area contributed by atoms with Gasteiger partial charge >= 0.3 is 0 Å². The standard InChI is InChI=1S/C24H23N3O5/c1-17-3-5-18(6-4-17)14-24(28)26-25-15-20-9-12-22(23(13-20)31-2)32-16-19-7-10-21(11-8-19)27(29)30/h3-13,15H,14,16H2,1-2H3,(H,26,28)/b25-15+. The van der Waals surface area contributed by atoms with Gasteiger partial charge in [-0.05, 0) is 53.9 Å². The van der Waals surface area contributed by atoms with Crippen molar-refractivity contribution in [3.63, 3.8) is 0 Å². The normalized spacial score (nSPS) is 10.7. The Morgan fingerprint density at radius 1 is 1.03 bits per heavy atom. The maximum atomic E-state index is 12.0. The second-order valence-electron chi connectivity index (χ2n) is 7.08. The van der Waals surface area contributed by atoms with Crippen LogP contribution in [0.25, 0.3) is 0 Å². The SMILES string of the molecule is COc1cc(/C=N/NC(=O)Cc2ccc(C)cc2)ccc1OCc1ccc([N+](=O)[O-])cc1. The van der Waals surface area contributed by atoms with E-state index in [9.17, 15) is 14.9 Å². The van der Waals surface area contributed by atoms with E-state index in [2.05, 4.69) is 10.5 Å². The molecule has 0 aliphatic rings. The van der Waals surface area contributed by atoms with Crippen molar-refractivity contribution in [3.8, 4) is 11.5 Å². The summed E-state index contributed by atoms with van der Waals surface area (Å²) in [4.78, 5) is 22.3. The minimum absolute atomic E-state index is 0.0286. The average Bonchev–Trinajstić information content (AvgIpc) is 2.79. The van der Waals surface area contributed by atoms with Gasteiger partial charge < -0.3 is 9.47 Å². The summed E-state index contributed by atoms with van der Waals surface area (Å²) in [5, 5.41) is 14.7. The van der Waals surface area contributed by atoms with Crippen molar-refractivity contribution in [2.75, 3.05) is 7.11 Å². The number of nitro benzene ring substituents is 1. The van der Waals surface area contributed by atoms with Gasteiger partial charge in [-0.1, -0.05) is 29.8 Å². The zero-order valence-corrected chi connectivity index (χ0v) is 17.8. The van der Waals surface area contributed by atoms with E-state index < -0.39 is 4.92 Å². The van der Waals surface area contributed by atoms with Gasteiger partial charge in [-0.3, -0.25) is 14.9 Å². The molecule has 164 valence electrons. The van der Waals surface area contributed by atoms with Crippen LogP contribution in [0.4, 0.5) is 5.69 Å². The number of carbonyl (C=O) groups is 1. The Kier molecular flexibility index (Phi) is 7.53. The first-order valence-electron chi connectivity index (χ1n) is 9.86. The molecule has 0 bridgehead atoms. The van der Waals surface area contributed by atoms with Gasteiger partial charge in [0.1, 0.15) is 6.61 Å². The fraction of sp³-hybridized carbons (Fsp3) is 0.167. The van der Waals surface area contributed by atoms with Gasteiger partial charge in [0.15, 0.2) is 11.5 Å². The number of non-ortho nitro benzene ring substituents is 1. The summed E-state index contributed by atoms with van der Waals surface area (Å²) in [6.45, 7) is 2.23. The summed E-state index contributed by atoms with van der Waals surface area (Å²) < 4.78 is 11.2. The molecule has 0 spiro atoms. The van der Waals surface area contributed by atoms with Crippen LogP contribution in [0.5, 0.6) is 11.5 Å². The molecule has 3 aromatic rings. The highest BCUT2D eigenvalue weighted by molar-refractivity contribution is 5.84. The highest BCUT2D eigenvalue weighted by Gasteiger charge is 2.08. The minimum atomic E-state index is -0.446. The molecule has 0 aliphatic heterocycles. The fourth-order valence-corrected chi connectivity index (χ4v) is 2.87. The quantitative estimate of drug-likeness (QED) is 0.310. The number of nitrogens with one attached hydrogen (secondary N) is 1. The molecule has 0 fully saturated rings. The number of nitro groups is 1. The Hall–Kier alpha value is -4.20. The minimum Gasteiger partial charge on any atom is -0.493 e. The number of aryl methyl sites for hydroxylation is 1. The predicted molar refractivity (Wildman–Crippen MR) is 121 cm³/mol. The third kappa shape index (κ3) is 6.40. The second-order valence-corrected chi connectivity index (χ2v) is 7.08. The van der Waals surface area contributed by atoms with Crippen LogP contribution < -0.4 is 14.9 Å². The van der Waals surface area contributed by atoms with Gasteiger partial charge in [0, 0.05) is 12.1 Å². The summed E-state index contributed by atoms with van der Waals surface area (Å²) >= 11 is 0. The van der Waals surface area contributed by atoms with E-state index in [0.717, 1.165) is 22.3 Å². The lowest BCUT2D eigenvalue weighted by molar-refractivity contribution is -0.384. The van der Waals surface area contributed by atoms with Gasteiger partial charge in [-0.25, -0.2) is 5.43 Å². The van der Waals surface area contributed by atoms with Crippen LogP contribution in [0.3, 0.4) is 0 Å². The van der Waals surface area contributed by atoms with E-state index >= 15 is 0 Å². The number of methoxy groups -OCH3 is 1. The molecule has 32 heavy (non-hydrogen) atoms. The van der Waals surface area contributed by atoms with Gasteiger partial charge in [-0.2, -0.15) is 5.10 Å². The van der Waals surface area contributed by atoms with E-state index in [-0.39, 0.29) is 24.6 Å². The molecule has 0 unspecified atom stereocenters. The number of ether oxygens (including phenoxy) is 2. The smallest absolute Gasteiger partial charge is 0.269 e. The molecule has 0 saturated heterocycles. The molecule has 0 saturated carbocycles. The number of rotatable bonds is 9. The molecule has 0 atom stereocenters. The number of hydrazone groups is 1. The summed E-state index contributed by atoms with van der Waals surface area (Å²) in [5.41, 5.74) is 6.11. The monoisotopic (exact) mass is 433 g/mol. The van der Waals surface area contributed by atoms with Crippen LogP contribution >= 0.6 is 0 Å². The molecule has 0 aromatic heterocycles. The highest BCUT2D eigenvalue weighted by Crippen LogP contribution is 2.28. The zero-order chi connectivity index (χ0) is 22.9. The number of carbonyl (C=O) groups excluding carboxylic acids is 1. The lowest BCUT2D eigenvalue weighted by Crippen LogP contribution is -2.19. The van der Waals surface area contributed by atoms with Crippen LogP contribution in [0.2, 0.25) is 0 Å². The van der Waals surface area contributed by atoms with Crippen molar-refractivity contribution >= 4 is 17.8 Å². The van der Waals surface area contributed by atoms with Crippen molar-refractivity contribution in [1.29, 1.82) is 0 Å². The van der Waals surface area contributed by atoms with E-state index in [4.69, 9.17) is 9.47 Å². The van der Waals surface area contributed by atoms with E-state index in [1.807, 2.05) is 31.2 Å². The van der Waals surface area contributed by atoms with Gasteiger partial charge in [0.2, 0.25) is 5.91 Å². The van der Waals surface area contributed by atoms with E-state index in [1.54, 1.807) is 30.3 Å². The van der Waals surface area contributed by atoms with Crippen LogP contribution in [-0.4, -0.2) is 24.2 Å². The molecule has 1 amide bonds. The van der Waals surface area contributed by atoms with Crippen LogP contribution in [0, 0.1) is 17.0 Å². The third-order valence-electron chi connectivity index (χ3n) is 4.62. The largest absolute Gasteiger partial charge is 0.493 e. The Morgan fingerprint density at radius 3 is 2.38 bits per heavy atom. The van der Waals surface area contributed by atoms with Gasteiger partial charge in [0.05, 0.1) is 24.7 Å². The van der Waals surface area contributed by atoms with Crippen LogP contribution in [0.15, 0.2) is 71.8 Å². The summed E-state index contributed by atoms with van der Waals surface area (Å²) in [6, 6.07) is 19.2. The first-order valence-corrected chi connectivity index (χ1v) is 9.86. The first-order chi connectivity index (χ1) is 15.4. The van der Waals surface area contributed by atoms with Crippen molar-refractivity contribution < 1.29 is 19.2 Å². The second kappa shape index (κ2) is 10.7. The summed E-state index contributed by atoms with van der Waals surface area (Å²) in [7, 11) is 1.53. The maximum absolute atomic E-state index is 12.0. The molecule has 8 heteroatoms. The maximum Gasteiger partial charge on any atom is 0.269 e. The lowest BCUT2D eigenvalue weighted by atomic mass is 10.1. The summed E-state index contributed by atoms with van der Waals surface area (Å²) in [5.74, 6) is 0.813. The molecule has 0 aliphatic carbocycles. The average molecular weight is 433 g/mol. The van der Waals surface area contributed by atoms with Crippen LogP contribution in [0.1, 0.15) is 22.3 Å². The zero-order valence-electron chi connectivity index (χ0n) is 17.8. The van der Waals surface area contributed by atoms with Crippen molar-refractivity contribution in [2.45, 2.75) is 20.0 Å². The Morgan fingerprint density at radius 2 is 1.72 bits per heavy atom. The molecular weight excluding hydrogens is 410 g/mol. The number of hydrogen-bond donors (Lipinski definition) is 1. The molecule has 1 N–H and O–H groups in total.